The van der Waals surface area contributed by atoms with E-state index in [1.165, 1.54) is 6.07 Å². The molecule has 2 rings (SSSR count). The fourth-order valence-electron chi connectivity index (χ4n) is 1.94. The lowest BCUT2D eigenvalue weighted by molar-refractivity contribution is -0.385. The van der Waals surface area contributed by atoms with Crippen LogP contribution in [-0.2, 0) is 6.54 Å². The van der Waals surface area contributed by atoms with Gasteiger partial charge in [-0.3, -0.25) is 10.1 Å². The number of anilines is 1. The molecule has 0 radical (unpaired) electrons. The van der Waals surface area contributed by atoms with E-state index in [-0.39, 0.29) is 10.6 Å². The van der Waals surface area contributed by atoms with Crippen LogP contribution in [0, 0.1) is 17.0 Å². The van der Waals surface area contributed by atoms with Crippen LogP contribution in [0.1, 0.15) is 11.1 Å². The van der Waals surface area contributed by atoms with Gasteiger partial charge < -0.3 is 10.1 Å². The fraction of sp³-hybridized carbons (Fsp3) is 0.200. The van der Waals surface area contributed by atoms with Crippen LogP contribution < -0.4 is 10.1 Å². The van der Waals surface area contributed by atoms with Gasteiger partial charge >= 0.3 is 0 Å². The van der Waals surface area contributed by atoms with Crippen molar-refractivity contribution in [3.63, 3.8) is 0 Å². The maximum atomic E-state index is 10.9. The number of methoxy groups -OCH3 is 1. The highest BCUT2D eigenvalue weighted by Gasteiger charge is 2.10. The van der Waals surface area contributed by atoms with Crippen LogP contribution in [0.5, 0.6) is 5.75 Å². The summed E-state index contributed by atoms with van der Waals surface area (Å²) in [6.45, 7) is 2.23. The van der Waals surface area contributed by atoms with Crippen molar-refractivity contribution in [1.82, 2.24) is 0 Å². The summed E-state index contributed by atoms with van der Waals surface area (Å²) in [5.74, 6) is 0.617. The third-order valence-corrected chi connectivity index (χ3v) is 3.41. The molecule has 0 aliphatic rings. The van der Waals surface area contributed by atoms with E-state index < -0.39 is 0 Å². The lowest BCUT2D eigenvalue weighted by atomic mass is 10.1. The number of nitro benzene ring substituents is 1. The van der Waals surface area contributed by atoms with Crippen LogP contribution in [0.25, 0.3) is 0 Å². The van der Waals surface area contributed by atoms with Crippen molar-refractivity contribution < 1.29 is 9.66 Å². The Balaban J connectivity index is 2.11. The Bertz CT molecular complexity index is 674. The molecule has 0 amide bonds. The molecule has 5 nitrogen and oxygen atoms in total. The summed E-state index contributed by atoms with van der Waals surface area (Å²) < 4.78 is 5.09. The SMILES string of the molecule is COc1ccc(CNc2ccc(C)c([N+](=O)[O-])c2)cc1Cl. The minimum atomic E-state index is -0.384. The van der Waals surface area contributed by atoms with Gasteiger partial charge in [-0.25, -0.2) is 0 Å². The molecule has 21 heavy (non-hydrogen) atoms. The van der Waals surface area contributed by atoms with Crippen LogP contribution >= 0.6 is 11.6 Å². The van der Waals surface area contributed by atoms with Crippen LogP contribution in [0.15, 0.2) is 36.4 Å². The molecule has 0 saturated carbocycles. The second-order valence-electron chi connectivity index (χ2n) is 4.58. The largest absolute Gasteiger partial charge is 0.495 e. The van der Waals surface area contributed by atoms with Crippen LogP contribution in [-0.4, -0.2) is 12.0 Å². The molecule has 2 aromatic carbocycles. The Morgan fingerprint density at radius 1 is 1.29 bits per heavy atom. The molecule has 0 bridgehead atoms. The molecule has 0 spiro atoms. The highest BCUT2D eigenvalue weighted by molar-refractivity contribution is 6.32. The van der Waals surface area contributed by atoms with Crippen LogP contribution in [0.4, 0.5) is 11.4 Å². The Labute approximate surface area is 127 Å². The van der Waals surface area contributed by atoms with E-state index in [1.807, 2.05) is 12.1 Å². The third-order valence-electron chi connectivity index (χ3n) is 3.12. The van der Waals surface area contributed by atoms with E-state index in [0.717, 1.165) is 5.56 Å². The van der Waals surface area contributed by atoms with Gasteiger partial charge in [0.05, 0.1) is 17.1 Å². The zero-order chi connectivity index (χ0) is 15.4. The Morgan fingerprint density at radius 3 is 2.67 bits per heavy atom. The van der Waals surface area contributed by atoms with Gasteiger partial charge in [0.2, 0.25) is 0 Å². The van der Waals surface area contributed by atoms with E-state index in [0.29, 0.717) is 28.6 Å². The second-order valence-corrected chi connectivity index (χ2v) is 4.99. The molecular weight excluding hydrogens is 292 g/mol. The molecule has 110 valence electrons. The Hall–Kier alpha value is -2.27. The summed E-state index contributed by atoms with van der Waals surface area (Å²) in [6, 6.07) is 10.5. The molecule has 0 fully saturated rings. The summed E-state index contributed by atoms with van der Waals surface area (Å²) in [5.41, 5.74) is 2.40. The maximum absolute atomic E-state index is 10.9. The van der Waals surface area contributed by atoms with Crippen molar-refractivity contribution in [1.29, 1.82) is 0 Å². The number of hydrogen-bond acceptors (Lipinski definition) is 4. The fourth-order valence-corrected chi connectivity index (χ4v) is 2.22. The van der Waals surface area contributed by atoms with E-state index in [4.69, 9.17) is 16.3 Å². The first-order chi connectivity index (χ1) is 10.0. The molecule has 0 aliphatic heterocycles. The minimum absolute atomic E-state index is 0.104. The second kappa shape index (κ2) is 6.45. The van der Waals surface area contributed by atoms with Crippen LogP contribution in [0.3, 0.4) is 0 Å². The topological polar surface area (TPSA) is 64.4 Å². The molecule has 0 aliphatic carbocycles. The first kappa shape index (κ1) is 15.1. The van der Waals surface area contributed by atoms with E-state index >= 15 is 0 Å². The summed E-state index contributed by atoms with van der Waals surface area (Å²) in [7, 11) is 1.56. The van der Waals surface area contributed by atoms with Crippen LogP contribution in [0.2, 0.25) is 5.02 Å². The van der Waals surface area contributed by atoms with Gasteiger partial charge in [-0.1, -0.05) is 23.7 Å². The normalized spacial score (nSPS) is 10.2. The highest BCUT2D eigenvalue weighted by atomic mass is 35.5. The average Bonchev–Trinajstić information content (AvgIpc) is 2.46. The van der Waals surface area contributed by atoms with Gasteiger partial charge in [0.1, 0.15) is 5.75 Å². The van der Waals surface area contributed by atoms with Gasteiger partial charge in [0.25, 0.3) is 5.69 Å². The minimum Gasteiger partial charge on any atom is -0.495 e. The molecule has 0 aromatic heterocycles. The molecule has 2 aromatic rings. The summed E-state index contributed by atoms with van der Waals surface area (Å²) in [6.07, 6.45) is 0. The van der Waals surface area contributed by atoms with Gasteiger partial charge in [-0.05, 0) is 30.7 Å². The zero-order valence-corrected chi connectivity index (χ0v) is 12.5. The lowest BCUT2D eigenvalue weighted by Gasteiger charge is -2.09. The summed E-state index contributed by atoms with van der Waals surface area (Å²) in [5, 5.41) is 14.6. The van der Waals surface area contributed by atoms with Crippen molar-refractivity contribution >= 4 is 23.0 Å². The van der Waals surface area contributed by atoms with E-state index in [1.54, 1.807) is 32.2 Å². The lowest BCUT2D eigenvalue weighted by Crippen LogP contribution is -2.01. The number of nitrogens with one attached hydrogen (secondary N) is 1. The molecule has 0 unspecified atom stereocenters. The quantitative estimate of drug-likeness (QED) is 0.665. The molecule has 1 N–H and O–H groups in total. The standard InChI is InChI=1S/C15H15ClN2O3/c1-10-3-5-12(8-14(10)18(19)20)17-9-11-4-6-15(21-2)13(16)7-11/h3-8,17H,9H2,1-2H3. The number of halogens is 1. The number of aryl methyl sites for hydroxylation is 1. The number of hydrogen-bond donors (Lipinski definition) is 1. The highest BCUT2D eigenvalue weighted by Crippen LogP contribution is 2.26. The molecule has 0 atom stereocenters. The Kier molecular flexibility index (Phi) is 4.65. The van der Waals surface area contributed by atoms with E-state index in [9.17, 15) is 10.1 Å². The predicted octanol–water partition coefficient (Wildman–Crippen LogP) is 4.18. The van der Waals surface area contributed by atoms with E-state index in [2.05, 4.69) is 5.32 Å². The monoisotopic (exact) mass is 306 g/mol. The molecule has 6 heteroatoms. The van der Waals surface area contributed by atoms with Crippen molar-refractivity contribution in [2.45, 2.75) is 13.5 Å². The van der Waals surface area contributed by atoms with Crippen molar-refractivity contribution in [2.24, 2.45) is 0 Å². The average molecular weight is 307 g/mol. The smallest absolute Gasteiger partial charge is 0.274 e. The zero-order valence-electron chi connectivity index (χ0n) is 11.7. The van der Waals surface area contributed by atoms with Gasteiger partial charge in [-0.2, -0.15) is 0 Å². The van der Waals surface area contributed by atoms with Gasteiger partial charge in [0.15, 0.2) is 0 Å². The van der Waals surface area contributed by atoms with Gasteiger partial charge in [0, 0.05) is 23.9 Å². The number of nitro groups is 1. The summed E-state index contributed by atoms with van der Waals surface area (Å²) >= 11 is 6.06. The number of ether oxygens (including phenoxy) is 1. The first-order valence-electron chi connectivity index (χ1n) is 6.32. The summed E-state index contributed by atoms with van der Waals surface area (Å²) in [4.78, 5) is 10.5. The van der Waals surface area contributed by atoms with Crippen molar-refractivity contribution in [3.05, 3.63) is 62.7 Å². The first-order valence-corrected chi connectivity index (χ1v) is 6.70. The Morgan fingerprint density at radius 2 is 2.05 bits per heavy atom. The van der Waals surface area contributed by atoms with Crippen molar-refractivity contribution in [3.8, 4) is 5.75 Å². The maximum Gasteiger partial charge on any atom is 0.274 e. The van der Waals surface area contributed by atoms with Gasteiger partial charge in [-0.15, -0.1) is 0 Å². The third kappa shape index (κ3) is 3.64. The molecule has 0 saturated heterocycles. The molecule has 0 heterocycles. The number of rotatable bonds is 5. The number of benzene rings is 2. The number of nitrogens with zero attached hydrogens (tertiary/aromatic N) is 1. The molecular formula is C15H15ClN2O3. The predicted molar refractivity (Wildman–Crippen MR) is 83.2 cm³/mol. The van der Waals surface area contributed by atoms with Crippen molar-refractivity contribution in [2.75, 3.05) is 12.4 Å².